The maximum Gasteiger partial charge on any atom is 0.323 e. The van der Waals surface area contributed by atoms with E-state index in [1.54, 1.807) is 12.5 Å². The molecule has 102 valence electrons. The topological polar surface area (TPSA) is 90.2 Å². The van der Waals surface area contributed by atoms with Gasteiger partial charge in [-0.05, 0) is 6.42 Å². The molecule has 0 aliphatic carbocycles. The van der Waals surface area contributed by atoms with Gasteiger partial charge in [0.2, 0.25) is 0 Å². The van der Waals surface area contributed by atoms with Gasteiger partial charge < -0.3 is 20.2 Å². The number of H-pyrrole nitrogens is 1. The van der Waals surface area contributed by atoms with Crippen molar-refractivity contribution in [1.29, 1.82) is 0 Å². The zero-order valence-corrected chi connectivity index (χ0v) is 10.7. The summed E-state index contributed by atoms with van der Waals surface area (Å²) in [4.78, 5) is 18.3. The number of hydrogen-bond donors (Lipinski definition) is 2. The molecule has 0 aliphatic heterocycles. The summed E-state index contributed by atoms with van der Waals surface area (Å²) < 4.78 is 10.3. The number of rotatable bonds is 9. The molecule has 0 fully saturated rings. The first-order chi connectivity index (χ1) is 8.74. The number of hydrogen-bond acceptors (Lipinski definition) is 5. The summed E-state index contributed by atoms with van der Waals surface area (Å²) in [6.45, 7) is 3.47. The number of nitrogens with two attached hydrogens (primary N) is 1. The first-order valence-electron chi connectivity index (χ1n) is 6.21. The van der Waals surface area contributed by atoms with Crippen LogP contribution in [0.25, 0.3) is 0 Å². The van der Waals surface area contributed by atoms with Gasteiger partial charge >= 0.3 is 5.97 Å². The SMILES string of the molecule is CCCCOCCOC(=O)C(N)Cc1cnc[nH]1. The van der Waals surface area contributed by atoms with Crippen LogP contribution >= 0.6 is 0 Å². The number of imidazole rings is 1. The third kappa shape index (κ3) is 5.79. The van der Waals surface area contributed by atoms with Crippen LogP contribution in [0.1, 0.15) is 25.5 Å². The Balaban J connectivity index is 2.08. The molecule has 3 N–H and O–H groups in total. The molecule has 1 heterocycles. The first kappa shape index (κ1) is 14.7. The van der Waals surface area contributed by atoms with Crippen LogP contribution in [0.5, 0.6) is 0 Å². The van der Waals surface area contributed by atoms with Gasteiger partial charge in [-0.15, -0.1) is 0 Å². The summed E-state index contributed by atoms with van der Waals surface area (Å²) in [5.41, 5.74) is 6.53. The van der Waals surface area contributed by atoms with Crippen LogP contribution in [0.4, 0.5) is 0 Å². The van der Waals surface area contributed by atoms with Crippen molar-refractivity contribution in [3.63, 3.8) is 0 Å². The average Bonchev–Trinajstić information content (AvgIpc) is 2.86. The Morgan fingerprint density at radius 2 is 2.33 bits per heavy atom. The molecule has 1 rings (SSSR count). The van der Waals surface area contributed by atoms with Crippen LogP contribution < -0.4 is 5.73 Å². The maximum atomic E-state index is 11.5. The fraction of sp³-hybridized carbons (Fsp3) is 0.667. The highest BCUT2D eigenvalue weighted by atomic mass is 16.6. The molecular weight excluding hydrogens is 234 g/mol. The third-order valence-electron chi connectivity index (χ3n) is 2.41. The van der Waals surface area contributed by atoms with Gasteiger partial charge in [-0.1, -0.05) is 13.3 Å². The molecule has 6 heteroatoms. The average molecular weight is 255 g/mol. The number of unbranched alkanes of at least 4 members (excludes halogenated alkanes) is 1. The van der Waals surface area contributed by atoms with Gasteiger partial charge in [0.15, 0.2) is 0 Å². The molecule has 1 aromatic rings. The van der Waals surface area contributed by atoms with E-state index >= 15 is 0 Å². The van der Waals surface area contributed by atoms with Crippen molar-refractivity contribution < 1.29 is 14.3 Å². The fourth-order valence-electron chi connectivity index (χ4n) is 1.37. The lowest BCUT2D eigenvalue weighted by molar-refractivity contribution is -0.146. The molecule has 6 nitrogen and oxygen atoms in total. The van der Waals surface area contributed by atoms with Gasteiger partial charge in [-0.3, -0.25) is 4.79 Å². The molecule has 0 spiro atoms. The van der Waals surface area contributed by atoms with Crippen LogP contribution in [-0.4, -0.2) is 41.8 Å². The fourth-order valence-corrected chi connectivity index (χ4v) is 1.37. The number of ether oxygens (including phenoxy) is 2. The van der Waals surface area contributed by atoms with Crippen LogP contribution in [0.15, 0.2) is 12.5 Å². The van der Waals surface area contributed by atoms with Gasteiger partial charge in [0, 0.05) is 24.9 Å². The normalized spacial score (nSPS) is 12.3. The lowest BCUT2D eigenvalue weighted by atomic mass is 10.2. The number of carbonyl (C=O) groups excluding carboxylic acids is 1. The smallest absolute Gasteiger partial charge is 0.323 e. The molecule has 0 aliphatic rings. The molecular formula is C12H21N3O3. The second-order valence-corrected chi connectivity index (χ2v) is 4.02. The molecule has 1 unspecified atom stereocenters. The Morgan fingerprint density at radius 1 is 1.50 bits per heavy atom. The summed E-state index contributed by atoms with van der Waals surface area (Å²) >= 11 is 0. The highest BCUT2D eigenvalue weighted by Gasteiger charge is 2.15. The highest BCUT2D eigenvalue weighted by molar-refractivity contribution is 5.75. The van der Waals surface area contributed by atoms with E-state index in [4.69, 9.17) is 15.2 Å². The Morgan fingerprint density at radius 3 is 3.00 bits per heavy atom. The second-order valence-electron chi connectivity index (χ2n) is 4.02. The van der Waals surface area contributed by atoms with Crippen molar-refractivity contribution in [2.24, 2.45) is 5.73 Å². The number of carbonyl (C=O) groups is 1. The Labute approximate surface area is 107 Å². The predicted molar refractivity (Wildman–Crippen MR) is 67.0 cm³/mol. The van der Waals surface area contributed by atoms with E-state index in [0.29, 0.717) is 19.6 Å². The molecule has 0 aromatic carbocycles. The van der Waals surface area contributed by atoms with E-state index in [-0.39, 0.29) is 6.61 Å². The molecule has 0 radical (unpaired) electrons. The van der Waals surface area contributed by atoms with E-state index in [1.807, 2.05) is 0 Å². The van der Waals surface area contributed by atoms with Gasteiger partial charge in [-0.2, -0.15) is 0 Å². The number of nitrogens with one attached hydrogen (secondary N) is 1. The molecule has 1 aromatic heterocycles. The number of aromatic amines is 1. The molecule has 18 heavy (non-hydrogen) atoms. The molecule has 0 saturated carbocycles. The minimum Gasteiger partial charge on any atom is -0.462 e. The summed E-state index contributed by atoms with van der Waals surface area (Å²) in [5.74, 6) is -0.413. The van der Waals surface area contributed by atoms with E-state index < -0.39 is 12.0 Å². The predicted octanol–water partition coefficient (Wildman–Crippen LogP) is 0.639. The lowest BCUT2D eigenvalue weighted by Gasteiger charge is -2.10. The standard InChI is InChI=1S/C12H21N3O3/c1-2-3-4-17-5-6-18-12(16)11(13)7-10-8-14-9-15-10/h8-9,11H,2-7,13H2,1H3,(H,14,15). The van der Waals surface area contributed by atoms with Crippen LogP contribution in [0, 0.1) is 0 Å². The van der Waals surface area contributed by atoms with Crippen molar-refractivity contribution in [1.82, 2.24) is 9.97 Å². The van der Waals surface area contributed by atoms with Crippen molar-refractivity contribution in [2.45, 2.75) is 32.2 Å². The van der Waals surface area contributed by atoms with Crippen LogP contribution in [-0.2, 0) is 20.7 Å². The third-order valence-corrected chi connectivity index (χ3v) is 2.41. The van der Waals surface area contributed by atoms with Crippen molar-refractivity contribution in [3.8, 4) is 0 Å². The van der Waals surface area contributed by atoms with E-state index in [2.05, 4.69) is 16.9 Å². The summed E-state index contributed by atoms with van der Waals surface area (Å²) in [6, 6.07) is -0.666. The second kappa shape index (κ2) is 8.66. The zero-order valence-electron chi connectivity index (χ0n) is 10.7. The number of aromatic nitrogens is 2. The molecule has 0 bridgehead atoms. The molecule has 0 amide bonds. The van der Waals surface area contributed by atoms with Gasteiger partial charge in [-0.25, -0.2) is 4.98 Å². The van der Waals surface area contributed by atoms with Gasteiger partial charge in [0.1, 0.15) is 12.6 Å². The van der Waals surface area contributed by atoms with Crippen LogP contribution in [0.3, 0.4) is 0 Å². The Kier molecular flexibility index (Phi) is 7.05. The largest absolute Gasteiger partial charge is 0.462 e. The Bertz CT molecular complexity index is 327. The maximum absolute atomic E-state index is 11.5. The first-order valence-corrected chi connectivity index (χ1v) is 6.21. The summed E-state index contributed by atoms with van der Waals surface area (Å²) in [5, 5.41) is 0. The molecule has 0 saturated heterocycles. The minimum absolute atomic E-state index is 0.249. The van der Waals surface area contributed by atoms with Gasteiger partial charge in [0.05, 0.1) is 12.9 Å². The highest BCUT2D eigenvalue weighted by Crippen LogP contribution is 1.98. The van der Waals surface area contributed by atoms with E-state index in [0.717, 1.165) is 18.5 Å². The van der Waals surface area contributed by atoms with Gasteiger partial charge in [0.25, 0.3) is 0 Å². The molecule has 1 atom stereocenters. The van der Waals surface area contributed by atoms with Crippen LogP contribution in [0.2, 0.25) is 0 Å². The zero-order chi connectivity index (χ0) is 13.2. The summed E-state index contributed by atoms with van der Waals surface area (Å²) in [6.07, 6.45) is 5.70. The van der Waals surface area contributed by atoms with Crippen molar-refractivity contribution in [3.05, 3.63) is 18.2 Å². The van der Waals surface area contributed by atoms with Crippen molar-refractivity contribution in [2.75, 3.05) is 19.8 Å². The quantitative estimate of drug-likeness (QED) is 0.499. The van der Waals surface area contributed by atoms with E-state index in [9.17, 15) is 4.79 Å². The monoisotopic (exact) mass is 255 g/mol. The Hall–Kier alpha value is -1.40. The number of esters is 1. The summed E-state index contributed by atoms with van der Waals surface area (Å²) in [7, 11) is 0. The minimum atomic E-state index is -0.666. The number of nitrogens with zero attached hydrogens (tertiary/aromatic N) is 1. The van der Waals surface area contributed by atoms with Crippen molar-refractivity contribution >= 4 is 5.97 Å². The van der Waals surface area contributed by atoms with E-state index in [1.165, 1.54) is 0 Å². The lowest BCUT2D eigenvalue weighted by Crippen LogP contribution is -2.35.